The van der Waals surface area contributed by atoms with Crippen molar-refractivity contribution >= 4 is 17.9 Å². The standard InChI is InChI=1S/C30H41N3O6/c1-30(2,3)39-29(37)33-25(19-22-14-16-38-17-15-22)27(35)32-24(18-21-10-6-4-7-11-21)26(34)28(36)31-20-23-12-8-5-9-13-23/h4-13,22,24-26,34H,14-20H2,1-3H3,(H,31,36)(H,32,35)(H,33,37)/t24?,25?,26-/m0/s1. The molecule has 1 heterocycles. The Morgan fingerprint density at radius 1 is 0.923 bits per heavy atom. The Bertz CT molecular complexity index is 1050. The molecule has 1 aliphatic heterocycles. The van der Waals surface area contributed by atoms with Gasteiger partial charge in [-0.05, 0) is 63.5 Å². The molecule has 1 fully saturated rings. The van der Waals surface area contributed by atoms with Crippen LogP contribution < -0.4 is 16.0 Å². The lowest BCUT2D eigenvalue weighted by atomic mass is 9.91. The van der Waals surface area contributed by atoms with Crippen molar-refractivity contribution < 1.29 is 29.0 Å². The third kappa shape index (κ3) is 10.7. The number of hydrogen-bond donors (Lipinski definition) is 4. The van der Waals surface area contributed by atoms with Crippen LogP contribution in [-0.2, 0) is 32.0 Å². The summed E-state index contributed by atoms with van der Waals surface area (Å²) in [6.07, 6.45) is -0.0418. The van der Waals surface area contributed by atoms with Gasteiger partial charge in [0.25, 0.3) is 5.91 Å². The van der Waals surface area contributed by atoms with E-state index in [0.29, 0.717) is 19.6 Å². The zero-order chi connectivity index (χ0) is 28.3. The highest BCUT2D eigenvalue weighted by molar-refractivity contribution is 5.87. The van der Waals surface area contributed by atoms with Crippen LogP contribution in [-0.4, -0.2) is 60.0 Å². The van der Waals surface area contributed by atoms with Gasteiger partial charge < -0.3 is 30.5 Å². The summed E-state index contributed by atoms with van der Waals surface area (Å²) in [7, 11) is 0. The number of amides is 3. The van der Waals surface area contributed by atoms with E-state index >= 15 is 0 Å². The molecule has 1 aliphatic rings. The van der Waals surface area contributed by atoms with Gasteiger partial charge in [-0.1, -0.05) is 60.7 Å². The van der Waals surface area contributed by atoms with Gasteiger partial charge in [0.1, 0.15) is 11.6 Å². The summed E-state index contributed by atoms with van der Waals surface area (Å²) in [4.78, 5) is 39.1. The van der Waals surface area contributed by atoms with E-state index in [1.807, 2.05) is 60.7 Å². The molecule has 212 valence electrons. The van der Waals surface area contributed by atoms with Gasteiger partial charge in [0.15, 0.2) is 6.10 Å². The second-order valence-electron chi connectivity index (χ2n) is 10.9. The monoisotopic (exact) mass is 539 g/mol. The number of aliphatic hydroxyl groups excluding tert-OH is 1. The maximum atomic E-state index is 13.6. The van der Waals surface area contributed by atoms with E-state index in [-0.39, 0.29) is 18.9 Å². The van der Waals surface area contributed by atoms with E-state index in [4.69, 9.17) is 9.47 Å². The second-order valence-corrected chi connectivity index (χ2v) is 10.9. The number of rotatable bonds is 11. The van der Waals surface area contributed by atoms with Gasteiger partial charge in [-0.2, -0.15) is 0 Å². The van der Waals surface area contributed by atoms with E-state index in [2.05, 4.69) is 16.0 Å². The van der Waals surface area contributed by atoms with Crippen LogP contribution in [0.2, 0.25) is 0 Å². The number of nitrogens with one attached hydrogen (secondary N) is 3. The molecular formula is C30H41N3O6. The van der Waals surface area contributed by atoms with E-state index in [9.17, 15) is 19.5 Å². The first kappa shape index (κ1) is 30.1. The smallest absolute Gasteiger partial charge is 0.408 e. The average molecular weight is 540 g/mol. The molecule has 0 radical (unpaired) electrons. The molecule has 3 amide bonds. The Balaban J connectivity index is 1.74. The van der Waals surface area contributed by atoms with E-state index in [0.717, 1.165) is 24.0 Å². The van der Waals surface area contributed by atoms with Crippen molar-refractivity contribution in [1.82, 2.24) is 16.0 Å². The van der Waals surface area contributed by atoms with Crippen molar-refractivity contribution in [2.75, 3.05) is 13.2 Å². The van der Waals surface area contributed by atoms with Crippen molar-refractivity contribution in [3.63, 3.8) is 0 Å². The molecule has 9 nitrogen and oxygen atoms in total. The first-order valence-electron chi connectivity index (χ1n) is 13.5. The summed E-state index contributed by atoms with van der Waals surface area (Å²) in [6.45, 7) is 6.70. The summed E-state index contributed by atoms with van der Waals surface area (Å²) in [6, 6.07) is 16.9. The van der Waals surface area contributed by atoms with Crippen molar-refractivity contribution in [1.29, 1.82) is 0 Å². The van der Waals surface area contributed by atoms with Crippen LogP contribution in [0.5, 0.6) is 0 Å². The van der Waals surface area contributed by atoms with Gasteiger partial charge in [-0.3, -0.25) is 9.59 Å². The van der Waals surface area contributed by atoms with E-state index in [1.54, 1.807) is 20.8 Å². The quantitative estimate of drug-likeness (QED) is 0.348. The highest BCUT2D eigenvalue weighted by atomic mass is 16.6. The number of hydrogen-bond acceptors (Lipinski definition) is 6. The highest BCUT2D eigenvalue weighted by Crippen LogP contribution is 2.21. The number of ether oxygens (including phenoxy) is 2. The summed E-state index contributed by atoms with van der Waals surface area (Å²) in [5.74, 6) is -0.902. The molecule has 39 heavy (non-hydrogen) atoms. The molecule has 2 unspecified atom stereocenters. The van der Waals surface area contributed by atoms with Crippen LogP contribution in [0, 0.1) is 5.92 Å². The third-order valence-electron chi connectivity index (χ3n) is 6.50. The minimum absolute atomic E-state index is 0.177. The Morgan fingerprint density at radius 2 is 1.51 bits per heavy atom. The number of carbonyl (C=O) groups excluding carboxylic acids is 3. The van der Waals surface area contributed by atoms with Crippen LogP contribution in [0.25, 0.3) is 0 Å². The molecule has 0 aromatic heterocycles. The number of carbonyl (C=O) groups is 3. The van der Waals surface area contributed by atoms with Gasteiger partial charge in [0.05, 0.1) is 6.04 Å². The fourth-order valence-electron chi connectivity index (χ4n) is 4.46. The normalized spacial score (nSPS) is 16.4. The van der Waals surface area contributed by atoms with E-state index in [1.165, 1.54) is 0 Å². The fourth-order valence-corrected chi connectivity index (χ4v) is 4.46. The van der Waals surface area contributed by atoms with Crippen LogP contribution in [0.4, 0.5) is 4.79 Å². The van der Waals surface area contributed by atoms with Gasteiger partial charge in [0.2, 0.25) is 5.91 Å². The molecule has 0 saturated carbocycles. The Kier molecular flexibility index (Phi) is 11.3. The van der Waals surface area contributed by atoms with Crippen molar-refractivity contribution in [2.24, 2.45) is 5.92 Å². The lowest BCUT2D eigenvalue weighted by Gasteiger charge is -2.30. The van der Waals surface area contributed by atoms with Crippen LogP contribution >= 0.6 is 0 Å². The summed E-state index contributed by atoms with van der Waals surface area (Å²) >= 11 is 0. The molecule has 3 atom stereocenters. The van der Waals surface area contributed by atoms with Crippen LogP contribution in [0.15, 0.2) is 60.7 Å². The summed E-state index contributed by atoms with van der Waals surface area (Å²) < 4.78 is 10.8. The minimum atomic E-state index is -1.51. The molecule has 2 aromatic carbocycles. The zero-order valence-corrected chi connectivity index (χ0v) is 23.0. The number of benzene rings is 2. The predicted molar refractivity (Wildman–Crippen MR) is 148 cm³/mol. The molecule has 2 aromatic rings. The lowest BCUT2D eigenvalue weighted by molar-refractivity contribution is -0.133. The third-order valence-corrected chi connectivity index (χ3v) is 6.50. The molecule has 1 saturated heterocycles. The lowest BCUT2D eigenvalue weighted by Crippen LogP contribution is -2.57. The van der Waals surface area contributed by atoms with E-state index < -0.39 is 41.7 Å². The minimum Gasteiger partial charge on any atom is -0.444 e. The fraction of sp³-hybridized carbons (Fsp3) is 0.500. The summed E-state index contributed by atoms with van der Waals surface area (Å²) in [5.41, 5.74) is 1.01. The van der Waals surface area contributed by atoms with Crippen molar-refractivity contribution in [3.8, 4) is 0 Å². The van der Waals surface area contributed by atoms with Gasteiger partial charge >= 0.3 is 6.09 Å². The Labute approximate surface area is 230 Å². The maximum absolute atomic E-state index is 13.6. The first-order chi connectivity index (χ1) is 18.6. The average Bonchev–Trinajstić information content (AvgIpc) is 2.91. The van der Waals surface area contributed by atoms with Gasteiger partial charge in [-0.25, -0.2) is 4.79 Å². The molecule has 0 aliphatic carbocycles. The maximum Gasteiger partial charge on any atom is 0.408 e. The second kappa shape index (κ2) is 14.6. The Morgan fingerprint density at radius 3 is 2.10 bits per heavy atom. The van der Waals surface area contributed by atoms with Gasteiger partial charge in [0, 0.05) is 19.8 Å². The predicted octanol–water partition coefficient (Wildman–Crippen LogP) is 3.10. The summed E-state index contributed by atoms with van der Waals surface area (Å²) in [5, 5.41) is 19.4. The molecule has 0 bridgehead atoms. The first-order valence-corrected chi connectivity index (χ1v) is 13.5. The van der Waals surface area contributed by atoms with Crippen molar-refractivity contribution in [3.05, 3.63) is 71.8 Å². The molecule has 3 rings (SSSR count). The number of aliphatic hydroxyl groups is 1. The molecule has 0 spiro atoms. The molecule has 4 N–H and O–H groups in total. The largest absolute Gasteiger partial charge is 0.444 e. The van der Waals surface area contributed by atoms with Crippen LogP contribution in [0.1, 0.15) is 51.2 Å². The Hall–Kier alpha value is -3.43. The number of alkyl carbamates (subject to hydrolysis) is 1. The van der Waals surface area contributed by atoms with Crippen LogP contribution in [0.3, 0.4) is 0 Å². The van der Waals surface area contributed by atoms with Crippen molar-refractivity contribution in [2.45, 2.75) is 76.8 Å². The highest BCUT2D eigenvalue weighted by Gasteiger charge is 2.33. The SMILES string of the molecule is CC(C)(C)OC(=O)NC(CC1CCOCC1)C(=O)NC(Cc1ccccc1)[C@H](O)C(=O)NCc1ccccc1. The molecule has 9 heteroatoms. The molecular weight excluding hydrogens is 498 g/mol. The van der Waals surface area contributed by atoms with Gasteiger partial charge in [-0.15, -0.1) is 0 Å². The zero-order valence-electron chi connectivity index (χ0n) is 23.0. The topological polar surface area (TPSA) is 126 Å².